The number of furan rings is 1. The second kappa shape index (κ2) is 5.36. The van der Waals surface area contributed by atoms with E-state index in [2.05, 4.69) is 0 Å². The van der Waals surface area contributed by atoms with Gasteiger partial charge < -0.3 is 14.9 Å². The highest BCUT2D eigenvalue weighted by Crippen LogP contribution is 2.32. The molecule has 2 N–H and O–H groups in total. The Balaban J connectivity index is 2.16. The van der Waals surface area contributed by atoms with Crippen molar-refractivity contribution in [3.05, 3.63) is 53.5 Å². The largest absolute Gasteiger partial charge is 0.485 e. The Kier molecular flexibility index (Phi) is 3.80. The van der Waals surface area contributed by atoms with Gasteiger partial charge in [0.1, 0.15) is 18.1 Å². The van der Waals surface area contributed by atoms with Crippen LogP contribution in [0, 0.1) is 0 Å². The minimum atomic E-state index is -4.39. The molecule has 6 heteroatoms. The molecular weight excluding hydrogens is 259 g/mol. The topological polar surface area (TPSA) is 48.4 Å². The van der Waals surface area contributed by atoms with Gasteiger partial charge in [-0.05, 0) is 30.3 Å². The van der Waals surface area contributed by atoms with Crippen LogP contribution < -0.4 is 10.5 Å². The molecule has 1 heterocycles. The lowest BCUT2D eigenvalue weighted by molar-refractivity contribution is -0.137. The van der Waals surface area contributed by atoms with Crippen molar-refractivity contribution in [3.8, 4) is 5.75 Å². The van der Waals surface area contributed by atoms with Crippen LogP contribution in [0.1, 0.15) is 16.9 Å². The SMILES string of the molecule is NCc1cc(C(F)(F)F)ccc1OCc1ccco1. The van der Waals surface area contributed by atoms with Crippen molar-refractivity contribution in [1.29, 1.82) is 0 Å². The monoisotopic (exact) mass is 271 g/mol. The molecule has 0 amide bonds. The summed E-state index contributed by atoms with van der Waals surface area (Å²) >= 11 is 0. The standard InChI is InChI=1S/C13H12F3NO2/c14-13(15,16)10-3-4-12(9(6-10)7-17)19-8-11-2-1-5-18-11/h1-6H,7-8,17H2. The fourth-order valence-electron chi connectivity index (χ4n) is 1.60. The van der Waals surface area contributed by atoms with E-state index < -0.39 is 11.7 Å². The first-order valence-corrected chi connectivity index (χ1v) is 5.56. The Hall–Kier alpha value is -1.95. The van der Waals surface area contributed by atoms with Crippen molar-refractivity contribution in [2.45, 2.75) is 19.3 Å². The lowest BCUT2D eigenvalue weighted by atomic mass is 10.1. The zero-order valence-electron chi connectivity index (χ0n) is 9.91. The van der Waals surface area contributed by atoms with Gasteiger partial charge in [0.15, 0.2) is 0 Å². The normalized spacial score (nSPS) is 11.6. The summed E-state index contributed by atoms with van der Waals surface area (Å²) in [5.41, 5.74) is 5.01. The molecule has 1 aromatic heterocycles. The van der Waals surface area contributed by atoms with E-state index in [1.807, 2.05) is 0 Å². The fraction of sp³-hybridized carbons (Fsp3) is 0.231. The van der Waals surface area contributed by atoms with E-state index in [4.69, 9.17) is 14.9 Å². The lowest BCUT2D eigenvalue weighted by Gasteiger charge is -2.13. The average molecular weight is 271 g/mol. The van der Waals surface area contributed by atoms with Crippen LogP contribution in [-0.4, -0.2) is 0 Å². The van der Waals surface area contributed by atoms with Crippen molar-refractivity contribution in [1.82, 2.24) is 0 Å². The van der Waals surface area contributed by atoms with E-state index >= 15 is 0 Å². The number of rotatable bonds is 4. The Labute approximate surface area is 107 Å². The van der Waals surface area contributed by atoms with Gasteiger partial charge in [-0.3, -0.25) is 0 Å². The second-order valence-electron chi connectivity index (χ2n) is 3.89. The quantitative estimate of drug-likeness (QED) is 0.927. The molecule has 0 saturated heterocycles. The molecule has 19 heavy (non-hydrogen) atoms. The van der Waals surface area contributed by atoms with Crippen LogP contribution in [0.4, 0.5) is 13.2 Å². The van der Waals surface area contributed by atoms with Crippen LogP contribution in [0.5, 0.6) is 5.75 Å². The number of alkyl halides is 3. The molecule has 2 aromatic rings. The van der Waals surface area contributed by atoms with E-state index in [0.717, 1.165) is 12.1 Å². The molecule has 1 aromatic carbocycles. The van der Waals surface area contributed by atoms with Gasteiger partial charge in [0, 0.05) is 12.1 Å². The molecule has 3 nitrogen and oxygen atoms in total. The summed E-state index contributed by atoms with van der Waals surface area (Å²) in [6.45, 7) is 0.114. The molecule has 0 aliphatic carbocycles. The van der Waals surface area contributed by atoms with Crippen LogP contribution in [0.3, 0.4) is 0 Å². The first-order chi connectivity index (χ1) is 9.00. The van der Waals surface area contributed by atoms with Crippen molar-refractivity contribution in [3.63, 3.8) is 0 Å². The predicted molar refractivity (Wildman–Crippen MR) is 62.4 cm³/mol. The van der Waals surface area contributed by atoms with Crippen LogP contribution in [-0.2, 0) is 19.3 Å². The molecule has 0 fully saturated rings. The molecule has 0 bridgehead atoms. The van der Waals surface area contributed by atoms with Crippen molar-refractivity contribution in [2.75, 3.05) is 0 Å². The number of ether oxygens (including phenoxy) is 1. The number of halogens is 3. The maximum absolute atomic E-state index is 12.5. The van der Waals surface area contributed by atoms with Gasteiger partial charge in [-0.15, -0.1) is 0 Å². The summed E-state index contributed by atoms with van der Waals surface area (Å²) in [4.78, 5) is 0. The third-order valence-electron chi connectivity index (χ3n) is 2.56. The first kappa shape index (κ1) is 13.5. The van der Waals surface area contributed by atoms with Gasteiger partial charge in [0.2, 0.25) is 0 Å². The highest BCUT2D eigenvalue weighted by Gasteiger charge is 2.31. The Morgan fingerprint density at radius 3 is 2.58 bits per heavy atom. The van der Waals surface area contributed by atoms with E-state index in [9.17, 15) is 13.2 Å². The molecule has 0 atom stereocenters. The summed E-state index contributed by atoms with van der Waals surface area (Å²) in [7, 11) is 0. The fourth-order valence-corrected chi connectivity index (χ4v) is 1.60. The zero-order chi connectivity index (χ0) is 13.9. The molecule has 0 aliphatic heterocycles. The summed E-state index contributed by atoms with van der Waals surface area (Å²) in [5, 5.41) is 0. The van der Waals surface area contributed by atoms with Gasteiger partial charge in [0.05, 0.1) is 11.8 Å². The van der Waals surface area contributed by atoms with Gasteiger partial charge in [-0.2, -0.15) is 13.2 Å². The second-order valence-corrected chi connectivity index (χ2v) is 3.89. The van der Waals surface area contributed by atoms with Crippen LogP contribution in [0.25, 0.3) is 0 Å². The highest BCUT2D eigenvalue weighted by molar-refractivity contribution is 5.38. The molecule has 0 radical (unpaired) electrons. The zero-order valence-corrected chi connectivity index (χ0v) is 9.91. The number of nitrogens with two attached hydrogens (primary N) is 1. The molecule has 0 saturated carbocycles. The smallest absolute Gasteiger partial charge is 0.416 e. The van der Waals surface area contributed by atoms with E-state index in [1.54, 1.807) is 12.1 Å². The summed E-state index contributed by atoms with van der Waals surface area (Å²) in [6, 6.07) is 6.66. The lowest BCUT2D eigenvalue weighted by Crippen LogP contribution is -2.08. The van der Waals surface area contributed by atoms with Crippen molar-refractivity contribution in [2.24, 2.45) is 5.73 Å². The van der Waals surface area contributed by atoms with Crippen molar-refractivity contribution >= 4 is 0 Å². The molecule has 0 unspecified atom stereocenters. The minimum absolute atomic E-state index is 0.0303. The van der Waals surface area contributed by atoms with Gasteiger partial charge in [-0.1, -0.05) is 0 Å². The first-order valence-electron chi connectivity index (χ1n) is 5.56. The summed E-state index contributed by atoms with van der Waals surface area (Å²) in [6.07, 6.45) is -2.89. The maximum Gasteiger partial charge on any atom is 0.416 e. The van der Waals surface area contributed by atoms with Gasteiger partial charge in [0.25, 0.3) is 0 Å². The van der Waals surface area contributed by atoms with E-state index in [1.165, 1.54) is 12.3 Å². The minimum Gasteiger partial charge on any atom is -0.485 e. The Morgan fingerprint density at radius 2 is 2.00 bits per heavy atom. The number of hydrogen-bond donors (Lipinski definition) is 1. The number of benzene rings is 1. The maximum atomic E-state index is 12.5. The van der Waals surface area contributed by atoms with Gasteiger partial charge in [-0.25, -0.2) is 0 Å². The average Bonchev–Trinajstić information content (AvgIpc) is 2.88. The van der Waals surface area contributed by atoms with Crippen LogP contribution in [0.2, 0.25) is 0 Å². The number of hydrogen-bond acceptors (Lipinski definition) is 3. The molecule has 0 spiro atoms. The van der Waals surface area contributed by atoms with Crippen molar-refractivity contribution < 1.29 is 22.3 Å². The molecule has 2 rings (SSSR count). The van der Waals surface area contributed by atoms with Crippen LogP contribution >= 0.6 is 0 Å². The molecule has 102 valence electrons. The third kappa shape index (κ3) is 3.29. The summed E-state index contributed by atoms with van der Waals surface area (Å²) < 4.78 is 48.1. The summed E-state index contributed by atoms with van der Waals surface area (Å²) in [5.74, 6) is 0.912. The van der Waals surface area contributed by atoms with Gasteiger partial charge >= 0.3 is 6.18 Å². The predicted octanol–water partition coefficient (Wildman–Crippen LogP) is 3.34. The highest BCUT2D eigenvalue weighted by atomic mass is 19.4. The third-order valence-corrected chi connectivity index (χ3v) is 2.56. The Morgan fingerprint density at radius 1 is 1.21 bits per heavy atom. The molecular formula is C13H12F3NO2. The van der Waals surface area contributed by atoms with Crippen LogP contribution in [0.15, 0.2) is 41.0 Å². The van der Waals surface area contributed by atoms with E-state index in [0.29, 0.717) is 17.1 Å². The van der Waals surface area contributed by atoms with E-state index in [-0.39, 0.29) is 13.2 Å². The molecule has 0 aliphatic rings. The Bertz CT molecular complexity index is 535.